The van der Waals surface area contributed by atoms with Crippen LogP contribution < -0.4 is 9.47 Å². The largest absolute Gasteiger partial charge is 0.492 e. The van der Waals surface area contributed by atoms with E-state index < -0.39 is 0 Å². The molecule has 168 valence electrons. The van der Waals surface area contributed by atoms with E-state index in [4.69, 9.17) is 14.2 Å². The first-order valence-electron chi connectivity index (χ1n) is 11.7. The van der Waals surface area contributed by atoms with Gasteiger partial charge in [0.05, 0.1) is 19.6 Å². The number of hydrogen-bond acceptors (Lipinski definition) is 4. The number of ether oxygens (including phenoxy) is 3. The van der Waals surface area contributed by atoms with Crippen LogP contribution in [0.3, 0.4) is 0 Å². The molecule has 33 heavy (non-hydrogen) atoms. The topological polar surface area (TPSA) is 44.8 Å². The standard InChI is InChI=1S/C29H28O4/c1-17-5-4-6-18(2)27(17)20-7-10-22-19(13-20)8-12-25(22)33-21-9-11-23-26(14-21)32-16-29(23)15-24(29)28(30)31-3/h4-7,9-11,13-14,24-25H,8,12,15-16H2,1-3H3/t24?,25-,29?/m1/s1. The van der Waals surface area contributed by atoms with Crippen molar-refractivity contribution in [2.75, 3.05) is 13.7 Å². The highest BCUT2D eigenvalue weighted by molar-refractivity contribution is 5.80. The fourth-order valence-electron chi connectivity index (χ4n) is 5.90. The van der Waals surface area contributed by atoms with Gasteiger partial charge in [-0.1, -0.05) is 42.5 Å². The van der Waals surface area contributed by atoms with Crippen LogP contribution in [0.4, 0.5) is 0 Å². The first kappa shape index (κ1) is 20.3. The fourth-order valence-corrected chi connectivity index (χ4v) is 5.90. The zero-order chi connectivity index (χ0) is 22.7. The van der Waals surface area contributed by atoms with E-state index in [1.165, 1.54) is 40.5 Å². The SMILES string of the molecule is COC(=O)C1CC12COc1cc(O[C@@H]3CCc4cc(-c5c(C)cccc5C)ccc43)ccc12. The van der Waals surface area contributed by atoms with Crippen molar-refractivity contribution in [2.45, 2.75) is 44.6 Å². The first-order chi connectivity index (χ1) is 16.0. The third kappa shape index (κ3) is 3.15. The zero-order valence-corrected chi connectivity index (χ0v) is 19.3. The number of hydrogen-bond donors (Lipinski definition) is 0. The second-order valence-corrected chi connectivity index (χ2v) is 9.71. The Morgan fingerprint density at radius 2 is 1.88 bits per heavy atom. The van der Waals surface area contributed by atoms with E-state index in [1.807, 2.05) is 12.1 Å². The second-order valence-electron chi connectivity index (χ2n) is 9.71. The summed E-state index contributed by atoms with van der Waals surface area (Å²) in [5.74, 6) is 1.41. The lowest BCUT2D eigenvalue weighted by atomic mass is 9.93. The summed E-state index contributed by atoms with van der Waals surface area (Å²) >= 11 is 0. The smallest absolute Gasteiger partial charge is 0.309 e. The lowest BCUT2D eigenvalue weighted by molar-refractivity contribution is -0.142. The van der Waals surface area contributed by atoms with Gasteiger partial charge in [0.25, 0.3) is 0 Å². The van der Waals surface area contributed by atoms with Crippen LogP contribution in [-0.2, 0) is 21.4 Å². The number of esters is 1. The molecule has 1 aliphatic heterocycles. The summed E-state index contributed by atoms with van der Waals surface area (Å²) in [6.07, 6.45) is 2.83. The van der Waals surface area contributed by atoms with Gasteiger partial charge in [0.2, 0.25) is 0 Å². The highest BCUT2D eigenvalue weighted by Crippen LogP contribution is 2.61. The fraction of sp³-hybridized carbons (Fsp3) is 0.345. The number of benzene rings is 3. The van der Waals surface area contributed by atoms with Gasteiger partial charge in [-0.15, -0.1) is 0 Å². The minimum Gasteiger partial charge on any atom is -0.492 e. The van der Waals surface area contributed by atoms with Crippen molar-refractivity contribution in [3.63, 3.8) is 0 Å². The van der Waals surface area contributed by atoms with Gasteiger partial charge in [0.1, 0.15) is 17.6 Å². The van der Waals surface area contributed by atoms with Crippen LogP contribution in [0.1, 0.15) is 46.8 Å². The van der Waals surface area contributed by atoms with Crippen LogP contribution in [0.15, 0.2) is 54.6 Å². The molecule has 0 radical (unpaired) electrons. The number of aryl methyl sites for hydroxylation is 3. The molecule has 1 heterocycles. The molecule has 0 amide bonds. The van der Waals surface area contributed by atoms with Crippen molar-refractivity contribution in [1.29, 1.82) is 0 Å². The van der Waals surface area contributed by atoms with Gasteiger partial charge in [-0.25, -0.2) is 0 Å². The summed E-state index contributed by atoms with van der Waals surface area (Å²) in [5, 5.41) is 0. The summed E-state index contributed by atoms with van der Waals surface area (Å²) in [5.41, 5.74) is 8.78. The lowest BCUT2D eigenvalue weighted by Gasteiger charge is -2.17. The molecule has 1 saturated carbocycles. The van der Waals surface area contributed by atoms with E-state index in [9.17, 15) is 4.79 Å². The lowest BCUT2D eigenvalue weighted by Crippen LogP contribution is -2.17. The molecule has 0 N–H and O–H groups in total. The van der Waals surface area contributed by atoms with Crippen LogP contribution in [0.25, 0.3) is 11.1 Å². The van der Waals surface area contributed by atoms with E-state index in [1.54, 1.807) is 0 Å². The summed E-state index contributed by atoms with van der Waals surface area (Å²) < 4.78 is 17.4. The molecule has 3 aromatic carbocycles. The first-order valence-corrected chi connectivity index (χ1v) is 11.7. The van der Waals surface area contributed by atoms with Crippen LogP contribution in [0.5, 0.6) is 11.5 Å². The van der Waals surface area contributed by atoms with Gasteiger partial charge >= 0.3 is 5.97 Å². The molecule has 2 unspecified atom stereocenters. The Bertz CT molecular complexity index is 1260. The van der Waals surface area contributed by atoms with Crippen LogP contribution >= 0.6 is 0 Å². The summed E-state index contributed by atoms with van der Waals surface area (Å²) in [4.78, 5) is 12.0. The van der Waals surface area contributed by atoms with E-state index in [-0.39, 0.29) is 23.4 Å². The summed E-state index contributed by atoms with van der Waals surface area (Å²) in [7, 11) is 1.45. The maximum Gasteiger partial charge on any atom is 0.309 e. The van der Waals surface area contributed by atoms with E-state index in [2.05, 4.69) is 56.3 Å². The van der Waals surface area contributed by atoms with Crippen molar-refractivity contribution < 1.29 is 19.0 Å². The van der Waals surface area contributed by atoms with Crippen LogP contribution in [0, 0.1) is 19.8 Å². The van der Waals surface area contributed by atoms with E-state index >= 15 is 0 Å². The predicted octanol–water partition coefficient (Wildman–Crippen LogP) is 5.86. The Morgan fingerprint density at radius 3 is 2.67 bits per heavy atom. The van der Waals surface area contributed by atoms with E-state index in [0.29, 0.717) is 6.61 Å². The molecule has 3 aliphatic rings. The molecule has 0 aromatic heterocycles. The quantitative estimate of drug-likeness (QED) is 0.477. The Morgan fingerprint density at radius 1 is 1.06 bits per heavy atom. The Hall–Kier alpha value is -3.27. The molecule has 1 spiro atoms. The van der Waals surface area contributed by atoms with Crippen molar-refractivity contribution >= 4 is 5.97 Å². The van der Waals surface area contributed by atoms with Gasteiger partial charge in [-0.3, -0.25) is 4.79 Å². The Balaban J connectivity index is 1.23. The second kappa shape index (κ2) is 7.38. The summed E-state index contributed by atoms with van der Waals surface area (Å²) in [6, 6.07) is 19.3. The molecular weight excluding hydrogens is 412 g/mol. The zero-order valence-electron chi connectivity index (χ0n) is 19.3. The Kier molecular flexibility index (Phi) is 4.55. The van der Waals surface area contributed by atoms with Gasteiger partial charge in [0, 0.05) is 17.0 Å². The highest BCUT2D eigenvalue weighted by atomic mass is 16.5. The monoisotopic (exact) mass is 440 g/mol. The number of carbonyl (C=O) groups is 1. The number of methoxy groups -OCH3 is 1. The molecule has 6 rings (SSSR count). The number of rotatable bonds is 4. The van der Waals surface area contributed by atoms with Gasteiger partial charge < -0.3 is 14.2 Å². The van der Waals surface area contributed by atoms with Crippen molar-refractivity contribution in [1.82, 2.24) is 0 Å². The van der Waals surface area contributed by atoms with Crippen molar-refractivity contribution in [2.24, 2.45) is 5.92 Å². The molecule has 4 nitrogen and oxygen atoms in total. The molecule has 3 atom stereocenters. The van der Waals surface area contributed by atoms with Crippen molar-refractivity contribution in [3.8, 4) is 22.6 Å². The van der Waals surface area contributed by atoms with E-state index in [0.717, 1.165) is 36.3 Å². The predicted molar refractivity (Wildman–Crippen MR) is 127 cm³/mol. The number of carbonyl (C=O) groups excluding carboxylic acids is 1. The minimum absolute atomic E-state index is 0.0455. The van der Waals surface area contributed by atoms with Crippen molar-refractivity contribution in [3.05, 3.63) is 82.4 Å². The maximum atomic E-state index is 12.0. The molecular formula is C29H28O4. The molecule has 1 fully saturated rings. The average Bonchev–Trinajstić information content (AvgIpc) is 3.25. The third-order valence-corrected chi connectivity index (χ3v) is 7.75. The minimum atomic E-state index is -0.203. The average molecular weight is 441 g/mol. The Labute approximate surface area is 194 Å². The van der Waals surface area contributed by atoms with Crippen LogP contribution in [-0.4, -0.2) is 19.7 Å². The van der Waals surface area contributed by atoms with Gasteiger partial charge in [-0.05, 0) is 72.6 Å². The molecule has 4 heteroatoms. The number of fused-ring (bicyclic) bond motifs is 3. The highest BCUT2D eigenvalue weighted by Gasteiger charge is 2.64. The molecule has 0 saturated heterocycles. The molecule has 3 aromatic rings. The normalized spacial score (nSPS) is 24.2. The van der Waals surface area contributed by atoms with Gasteiger partial charge in [-0.2, -0.15) is 0 Å². The summed E-state index contributed by atoms with van der Waals surface area (Å²) in [6.45, 7) is 4.89. The van der Waals surface area contributed by atoms with Gasteiger partial charge in [0.15, 0.2) is 0 Å². The molecule has 0 bridgehead atoms. The van der Waals surface area contributed by atoms with Crippen LogP contribution in [0.2, 0.25) is 0 Å². The third-order valence-electron chi connectivity index (χ3n) is 7.75. The maximum absolute atomic E-state index is 12.0. The molecule has 2 aliphatic carbocycles.